The molecule has 0 radical (unpaired) electrons. The fourth-order valence-corrected chi connectivity index (χ4v) is 3.88. The van der Waals surface area contributed by atoms with Crippen molar-refractivity contribution in [3.05, 3.63) is 41.5 Å². The maximum Gasteiger partial charge on any atom is 0.273 e. The molecule has 0 aliphatic carbocycles. The Morgan fingerprint density at radius 2 is 2.08 bits per heavy atom. The van der Waals surface area contributed by atoms with E-state index in [9.17, 15) is 4.79 Å². The second-order valence-electron chi connectivity index (χ2n) is 6.96. The smallest absolute Gasteiger partial charge is 0.273 e. The molecule has 0 bridgehead atoms. The number of aryl methyl sites for hydroxylation is 1. The SMILES string of the molecule is Cc1c(C2CCCN2C(=O)c2cc(N3CCOCC3)ccn2)cnn1C. The van der Waals surface area contributed by atoms with Crippen molar-refractivity contribution in [1.82, 2.24) is 19.7 Å². The molecule has 2 saturated heterocycles. The summed E-state index contributed by atoms with van der Waals surface area (Å²) in [6.07, 6.45) is 5.61. The lowest BCUT2D eigenvalue weighted by Crippen LogP contribution is -2.36. The molecule has 4 heterocycles. The molecule has 1 amide bonds. The molecule has 0 spiro atoms. The zero-order valence-electron chi connectivity index (χ0n) is 15.4. The second-order valence-corrected chi connectivity index (χ2v) is 6.96. The van der Waals surface area contributed by atoms with Crippen molar-refractivity contribution in [2.45, 2.75) is 25.8 Å². The van der Waals surface area contributed by atoms with Gasteiger partial charge in [0.1, 0.15) is 5.69 Å². The van der Waals surface area contributed by atoms with Gasteiger partial charge in [0.2, 0.25) is 0 Å². The minimum atomic E-state index is 0.00543. The topological polar surface area (TPSA) is 63.5 Å². The Bertz CT molecular complexity index is 797. The van der Waals surface area contributed by atoms with Crippen LogP contribution in [-0.4, -0.2) is 58.4 Å². The molecule has 7 heteroatoms. The fraction of sp³-hybridized carbons (Fsp3) is 0.526. The third kappa shape index (κ3) is 3.07. The molecule has 7 nitrogen and oxygen atoms in total. The lowest BCUT2D eigenvalue weighted by atomic mass is 10.1. The minimum absolute atomic E-state index is 0.00543. The predicted octanol–water partition coefficient (Wildman–Crippen LogP) is 1.94. The summed E-state index contributed by atoms with van der Waals surface area (Å²) in [7, 11) is 1.94. The third-order valence-electron chi connectivity index (χ3n) is 5.48. The van der Waals surface area contributed by atoms with Crippen molar-refractivity contribution >= 4 is 11.6 Å². The van der Waals surface area contributed by atoms with Crippen LogP contribution in [0.25, 0.3) is 0 Å². The van der Waals surface area contributed by atoms with Gasteiger partial charge in [0, 0.05) is 49.8 Å². The Hall–Kier alpha value is -2.41. The number of carbonyl (C=O) groups is 1. The molecule has 0 N–H and O–H groups in total. The van der Waals surface area contributed by atoms with E-state index in [1.807, 2.05) is 35.0 Å². The molecule has 0 aromatic carbocycles. The van der Waals surface area contributed by atoms with Crippen LogP contribution in [0, 0.1) is 6.92 Å². The predicted molar refractivity (Wildman–Crippen MR) is 98.2 cm³/mol. The number of anilines is 1. The van der Waals surface area contributed by atoms with E-state index in [1.54, 1.807) is 6.20 Å². The van der Waals surface area contributed by atoms with Crippen LogP contribution < -0.4 is 4.90 Å². The van der Waals surface area contributed by atoms with Crippen LogP contribution in [0.5, 0.6) is 0 Å². The Morgan fingerprint density at radius 3 is 2.81 bits per heavy atom. The summed E-state index contributed by atoms with van der Waals surface area (Å²) in [4.78, 5) is 21.7. The number of ether oxygens (including phenoxy) is 1. The van der Waals surface area contributed by atoms with Crippen LogP contribution >= 0.6 is 0 Å². The summed E-state index contributed by atoms with van der Waals surface area (Å²) in [5.74, 6) is 0.00543. The lowest BCUT2D eigenvalue weighted by molar-refractivity contribution is 0.0729. The van der Waals surface area contributed by atoms with Crippen LogP contribution in [0.2, 0.25) is 0 Å². The molecule has 1 unspecified atom stereocenters. The van der Waals surface area contributed by atoms with Crippen LogP contribution in [-0.2, 0) is 11.8 Å². The summed E-state index contributed by atoms with van der Waals surface area (Å²) in [5.41, 5.74) is 3.81. The van der Waals surface area contributed by atoms with E-state index in [1.165, 1.54) is 0 Å². The van der Waals surface area contributed by atoms with Gasteiger partial charge in [-0.2, -0.15) is 5.10 Å². The Morgan fingerprint density at radius 1 is 1.27 bits per heavy atom. The van der Waals surface area contributed by atoms with Crippen LogP contribution in [0.4, 0.5) is 5.69 Å². The van der Waals surface area contributed by atoms with E-state index in [2.05, 4.69) is 21.9 Å². The highest BCUT2D eigenvalue weighted by Gasteiger charge is 2.33. The monoisotopic (exact) mass is 355 g/mol. The van der Waals surface area contributed by atoms with E-state index >= 15 is 0 Å². The standard InChI is InChI=1S/C19H25N5O2/c1-14-16(13-21-22(14)2)18-4-3-7-24(18)19(25)17-12-15(5-6-20-17)23-8-10-26-11-9-23/h5-6,12-13,18H,3-4,7-11H2,1-2H3. The number of pyridine rings is 1. The number of aromatic nitrogens is 3. The highest BCUT2D eigenvalue weighted by atomic mass is 16.5. The lowest BCUT2D eigenvalue weighted by Gasteiger charge is -2.29. The van der Waals surface area contributed by atoms with Gasteiger partial charge in [-0.1, -0.05) is 0 Å². The average molecular weight is 355 g/mol. The van der Waals surface area contributed by atoms with Crippen molar-refractivity contribution < 1.29 is 9.53 Å². The minimum Gasteiger partial charge on any atom is -0.378 e. The summed E-state index contributed by atoms with van der Waals surface area (Å²) in [6, 6.07) is 3.97. The first-order valence-corrected chi connectivity index (χ1v) is 9.23. The van der Waals surface area contributed by atoms with Crippen LogP contribution in [0.15, 0.2) is 24.5 Å². The largest absolute Gasteiger partial charge is 0.378 e. The van der Waals surface area contributed by atoms with Gasteiger partial charge in [-0.25, -0.2) is 0 Å². The van der Waals surface area contributed by atoms with Gasteiger partial charge in [-0.15, -0.1) is 0 Å². The van der Waals surface area contributed by atoms with Gasteiger partial charge in [0.05, 0.1) is 25.5 Å². The van der Waals surface area contributed by atoms with E-state index in [0.29, 0.717) is 5.69 Å². The number of likely N-dealkylation sites (tertiary alicyclic amines) is 1. The molecule has 2 aliphatic rings. The second kappa shape index (κ2) is 7.07. The Kier molecular flexibility index (Phi) is 4.63. The molecule has 1 atom stereocenters. The number of morpholine rings is 1. The van der Waals surface area contributed by atoms with Gasteiger partial charge in [0.15, 0.2) is 0 Å². The normalized spacial score (nSPS) is 20.6. The Balaban J connectivity index is 1.57. The highest BCUT2D eigenvalue weighted by Crippen LogP contribution is 2.34. The van der Waals surface area contributed by atoms with E-state index in [-0.39, 0.29) is 11.9 Å². The molecule has 26 heavy (non-hydrogen) atoms. The van der Waals surface area contributed by atoms with E-state index < -0.39 is 0 Å². The average Bonchev–Trinajstić information content (AvgIpc) is 3.29. The quantitative estimate of drug-likeness (QED) is 0.842. The number of nitrogens with zero attached hydrogens (tertiary/aromatic N) is 5. The summed E-state index contributed by atoms with van der Waals surface area (Å²) < 4.78 is 7.28. The summed E-state index contributed by atoms with van der Waals surface area (Å²) in [5, 5.41) is 4.35. The zero-order valence-corrected chi connectivity index (χ0v) is 15.4. The number of carbonyl (C=O) groups excluding carboxylic acids is 1. The molecule has 0 saturated carbocycles. The molecular weight excluding hydrogens is 330 g/mol. The van der Waals surface area contributed by atoms with Gasteiger partial charge < -0.3 is 14.5 Å². The molecule has 2 aromatic heterocycles. The molecule has 2 aliphatic heterocycles. The molecule has 4 rings (SSSR count). The fourth-order valence-electron chi connectivity index (χ4n) is 3.88. The molecule has 138 valence electrons. The summed E-state index contributed by atoms with van der Waals surface area (Å²) in [6.45, 7) is 5.96. The number of hydrogen-bond acceptors (Lipinski definition) is 5. The van der Waals surface area contributed by atoms with Crippen molar-refractivity contribution in [2.75, 3.05) is 37.7 Å². The van der Waals surface area contributed by atoms with Crippen molar-refractivity contribution in [3.63, 3.8) is 0 Å². The van der Waals surface area contributed by atoms with Crippen molar-refractivity contribution in [2.24, 2.45) is 7.05 Å². The Labute approximate surface area is 153 Å². The number of amides is 1. The summed E-state index contributed by atoms with van der Waals surface area (Å²) >= 11 is 0. The maximum absolute atomic E-state index is 13.2. The third-order valence-corrected chi connectivity index (χ3v) is 5.48. The van der Waals surface area contributed by atoms with Gasteiger partial charge >= 0.3 is 0 Å². The van der Waals surface area contributed by atoms with Gasteiger partial charge in [-0.05, 0) is 31.9 Å². The first-order valence-electron chi connectivity index (χ1n) is 9.23. The molecule has 2 fully saturated rings. The maximum atomic E-state index is 13.2. The van der Waals surface area contributed by atoms with Crippen LogP contribution in [0.1, 0.15) is 40.6 Å². The van der Waals surface area contributed by atoms with Crippen molar-refractivity contribution in [1.29, 1.82) is 0 Å². The van der Waals surface area contributed by atoms with E-state index in [0.717, 1.165) is 62.6 Å². The zero-order chi connectivity index (χ0) is 18.1. The first-order chi connectivity index (χ1) is 12.6. The molecular formula is C19H25N5O2. The highest BCUT2D eigenvalue weighted by molar-refractivity contribution is 5.93. The van der Waals surface area contributed by atoms with Gasteiger partial charge in [-0.3, -0.25) is 14.5 Å². The van der Waals surface area contributed by atoms with E-state index in [4.69, 9.17) is 4.74 Å². The van der Waals surface area contributed by atoms with Crippen molar-refractivity contribution in [3.8, 4) is 0 Å². The van der Waals surface area contributed by atoms with Gasteiger partial charge in [0.25, 0.3) is 5.91 Å². The van der Waals surface area contributed by atoms with Crippen LogP contribution in [0.3, 0.4) is 0 Å². The first kappa shape index (κ1) is 17.0. The number of rotatable bonds is 3. The molecule has 2 aromatic rings. The number of hydrogen-bond donors (Lipinski definition) is 0.